The molecule has 1 heterocycles. The minimum absolute atomic E-state index is 0.156. The highest BCUT2D eigenvalue weighted by atomic mass is 32.1. The predicted molar refractivity (Wildman–Crippen MR) is 78.6 cm³/mol. The second-order valence-corrected chi connectivity index (χ2v) is 5.26. The fraction of sp³-hybridized carbons (Fsp3) is 0.333. The van der Waals surface area contributed by atoms with Gasteiger partial charge in [-0.05, 0) is 40.1 Å². The molecule has 0 radical (unpaired) electrons. The van der Waals surface area contributed by atoms with Crippen LogP contribution in [0.25, 0.3) is 0 Å². The van der Waals surface area contributed by atoms with Gasteiger partial charge < -0.3 is 14.8 Å². The molecule has 0 spiro atoms. The van der Waals surface area contributed by atoms with Gasteiger partial charge >= 0.3 is 0 Å². The quantitative estimate of drug-likeness (QED) is 0.758. The van der Waals surface area contributed by atoms with Crippen LogP contribution < -0.4 is 10.1 Å². The number of hydrogen-bond acceptors (Lipinski definition) is 4. The summed E-state index contributed by atoms with van der Waals surface area (Å²) in [5, 5.41) is 6.80. The Morgan fingerprint density at radius 1 is 1.19 bits per heavy atom. The first kappa shape index (κ1) is 15.9. The Morgan fingerprint density at radius 3 is 2.57 bits per heavy atom. The number of halogens is 2. The molecule has 1 aromatic carbocycles. The van der Waals surface area contributed by atoms with E-state index in [4.69, 9.17) is 9.47 Å². The molecule has 0 aliphatic carbocycles. The van der Waals surface area contributed by atoms with Gasteiger partial charge in [-0.2, -0.15) is 11.3 Å². The summed E-state index contributed by atoms with van der Waals surface area (Å²) < 4.78 is 37.9. The van der Waals surface area contributed by atoms with Crippen LogP contribution in [-0.2, 0) is 17.9 Å². The first-order valence-electron chi connectivity index (χ1n) is 6.52. The Balaban J connectivity index is 1.96. The fourth-order valence-corrected chi connectivity index (χ4v) is 2.44. The largest absolute Gasteiger partial charge is 0.483 e. The molecule has 0 saturated carbocycles. The Bertz CT molecular complexity index is 538. The average molecular weight is 313 g/mol. The highest BCUT2D eigenvalue weighted by Crippen LogP contribution is 2.24. The lowest BCUT2D eigenvalue weighted by molar-refractivity contribution is 0.199. The third-order valence-electron chi connectivity index (χ3n) is 2.83. The van der Waals surface area contributed by atoms with Gasteiger partial charge in [0, 0.05) is 20.2 Å². The molecule has 2 rings (SSSR count). The number of thiophene rings is 1. The molecule has 0 fully saturated rings. The lowest BCUT2D eigenvalue weighted by Gasteiger charge is -2.10. The standard InChI is InChI=1S/C15H17F2NO2S/c1-19-4-3-18-8-12-6-13(16)15(14(17)7-12)20-9-11-2-5-21-10-11/h2,5-7,10,18H,3-4,8-9H2,1H3. The van der Waals surface area contributed by atoms with E-state index in [0.717, 1.165) is 5.56 Å². The van der Waals surface area contributed by atoms with E-state index >= 15 is 0 Å². The van der Waals surface area contributed by atoms with Crippen molar-refractivity contribution in [1.29, 1.82) is 0 Å². The Labute approximate surface area is 126 Å². The number of hydrogen-bond donors (Lipinski definition) is 1. The molecule has 3 nitrogen and oxygen atoms in total. The van der Waals surface area contributed by atoms with E-state index < -0.39 is 11.6 Å². The first-order valence-corrected chi connectivity index (χ1v) is 7.46. The third kappa shape index (κ3) is 4.77. The second-order valence-electron chi connectivity index (χ2n) is 4.48. The molecule has 0 unspecified atom stereocenters. The summed E-state index contributed by atoms with van der Waals surface area (Å²) in [6.45, 7) is 1.70. The molecular weight excluding hydrogens is 296 g/mol. The summed E-state index contributed by atoms with van der Waals surface area (Å²) in [6.07, 6.45) is 0. The van der Waals surface area contributed by atoms with Crippen LogP contribution in [0.15, 0.2) is 29.0 Å². The lowest BCUT2D eigenvalue weighted by atomic mass is 10.2. The van der Waals surface area contributed by atoms with Crippen molar-refractivity contribution in [2.24, 2.45) is 0 Å². The van der Waals surface area contributed by atoms with Gasteiger partial charge in [0.15, 0.2) is 17.4 Å². The predicted octanol–water partition coefficient (Wildman–Crippen LogP) is 3.34. The molecule has 6 heteroatoms. The number of benzene rings is 1. The van der Waals surface area contributed by atoms with Crippen molar-refractivity contribution in [3.8, 4) is 5.75 Å². The highest BCUT2D eigenvalue weighted by molar-refractivity contribution is 7.07. The smallest absolute Gasteiger partial charge is 0.191 e. The van der Waals surface area contributed by atoms with Gasteiger partial charge in [-0.1, -0.05) is 0 Å². The van der Waals surface area contributed by atoms with E-state index in [1.54, 1.807) is 7.11 Å². The molecule has 1 aromatic heterocycles. The highest BCUT2D eigenvalue weighted by Gasteiger charge is 2.13. The van der Waals surface area contributed by atoms with Gasteiger partial charge in [0.25, 0.3) is 0 Å². The Hall–Kier alpha value is -1.50. The van der Waals surface area contributed by atoms with Gasteiger partial charge in [0.2, 0.25) is 0 Å². The van der Waals surface area contributed by atoms with E-state index in [9.17, 15) is 8.78 Å². The molecule has 0 amide bonds. The molecule has 0 atom stereocenters. The van der Waals surface area contributed by atoms with Crippen molar-refractivity contribution in [3.05, 3.63) is 51.7 Å². The number of methoxy groups -OCH3 is 1. The van der Waals surface area contributed by atoms with Crippen LogP contribution in [0.1, 0.15) is 11.1 Å². The fourth-order valence-electron chi connectivity index (χ4n) is 1.79. The van der Waals surface area contributed by atoms with Crippen molar-refractivity contribution in [2.45, 2.75) is 13.2 Å². The second kappa shape index (κ2) is 8.07. The van der Waals surface area contributed by atoms with Gasteiger partial charge in [-0.15, -0.1) is 0 Å². The van der Waals surface area contributed by atoms with E-state index in [1.807, 2.05) is 16.8 Å². The Kier molecular flexibility index (Phi) is 6.10. The molecular formula is C15H17F2NO2S. The van der Waals surface area contributed by atoms with E-state index in [2.05, 4.69) is 5.32 Å². The Morgan fingerprint density at radius 2 is 1.95 bits per heavy atom. The summed E-state index contributed by atoms with van der Waals surface area (Å²) in [5.41, 5.74) is 1.42. The van der Waals surface area contributed by atoms with E-state index in [-0.39, 0.29) is 12.4 Å². The van der Waals surface area contributed by atoms with Gasteiger partial charge in [-0.3, -0.25) is 0 Å². The van der Waals surface area contributed by atoms with E-state index in [1.165, 1.54) is 23.5 Å². The van der Waals surface area contributed by atoms with Crippen LogP contribution in [0.5, 0.6) is 5.75 Å². The maximum atomic E-state index is 13.9. The van der Waals surface area contributed by atoms with Crippen LogP contribution >= 0.6 is 11.3 Å². The molecule has 114 valence electrons. The minimum atomic E-state index is -0.686. The van der Waals surface area contributed by atoms with E-state index in [0.29, 0.717) is 25.3 Å². The minimum Gasteiger partial charge on any atom is -0.483 e. The lowest BCUT2D eigenvalue weighted by Crippen LogP contribution is -2.18. The number of ether oxygens (including phenoxy) is 2. The van der Waals surface area contributed by atoms with Crippen molar-refractivity contribution in [1.82, 2.24) is 5.32 Å². The average Bonchev–Trinajstić information content (AvgIpc) is 2.96. The normalized spacial score (nSPS) is 10.8. The van der Waals surface area contributed by atoms with Crippen molar-refractivity contribution >= 4 is 11.3 Å². The summed E-state index contributed by atoms with van der Waals surface area (Å²) in [6, 6.07) is 4.42. The van der Waals surface area contributed by atoms with Crippen molar-refractivity contribution < 1.29 is 18.3 Å². The molecule has 2 aromatic rings. The summed E-state index contributed by atoms with van der Waals surface area (Å²) in [4.78, 5) is 0. The van der Waals surface area contributed by atoms with Crippen LogP contribution in [0.2, 0.25) is 0 Å². The zero-order valence-corrected chi connectivity index (χ0v) is 12.5. The number of nitrogens with one attached hydrogen (secondary N) is 1. The van der Waals surface area contributed by atoms with Crippen LogP contribution in [0.4, 0.5) is 8.78 Å². The monoisotopic (exact) mass is 313 g/mol. The molecule has 0 bridgehead atoms. The zero-order chi connectivity index (χ0) is 15.1. The maximum Gasteiger partial charge on any atom is 0.191 e. The SMILES string of the molecule is COCCNCc1cc(F)c(OCc2ccsc2)c(F)c1. The van der Waals surface area contributed by atoms with Crippen LogP contribution in [0.3, 0.4) is 0 Å². The third-order valence-corrected chi connectivity index (χ3v) is 3.57. The van der Waals surface area contributed by atoms with Crippen LogP contribution in [-0.4, -0.2) is 20.3 Å². The molecule has 21 heavy (non-hydrogen) atoms. The summed E-state index contributed by atoms with van der Waals surface area (Å²) >= 11 is 1.51. The topological polar surface area (TPSA) is 30.5 Å². The first-order chi connectivity index (χ1) is 10.2. The van der Waals surface area contributed by atoms with Gasteiger partial charge in [0.05, 0.1) is 6.61 Å². The zero-order valence-electron chi connectivity index (χ0n) is 11.7. The molecule has 0 saturated heterocycles. The maximum absolute atomic E-state index is 13.9. The molecule has 1 N–H and O–H groups in total. The molecule has 0 aliphatic heterocycles. The summed E-state index contributed by atoms with van der Waals surface area (Å²) in [7, 11) is 1.60. The van der Waals surface area contributed by atoms with Crippen molar-refractivity contribution in [2.75, 3.05) is 20.3 Å². The van der Waals surface area contributed by atoms with Gasteiger partial charge in [0.1, 0.15) is 6.61 Å². The number of rotatable bonds is 8. The molecule has 0 aliphatic rings. The summed E-state index contributed by atoms with van der Waals surface area (Å²) in [5.74, 6) is -1.70. The van der Waals surface area contributed by atoms with Crippen LogP contribution in [0, 0.1) is 11.6 Å². The van der Waals surface area contributed by atoms with Crippen molar-refractivity contribution in [3.63, 3.8) is 0 Å². The van der Waals surface area contributed by atoms with Gasteiger partial charge in [-0.25, -0.2) is 8.78 Å².